The van der Waals surface area contributed by atoms with Crippen LogP contribution in [0.15, 0.2) is 0 Å². The summed E-state index contributed by atoms with van der Waals surface area (Å²) in [5, 5.41) is 41.3. The SMILES string of the molecule is CCc1nc(CC(C)C)sc1C(=O)N[C@@H](CCCCNC(=N)N)c1nc(C)sc1C(O)N[C@@H](CC(C)C)c1nc(CCCCNC(=N)N)sc1C(N)=O. The summed E-state index contributed by atoms with van der Waals surface area (Å²) in [7, 11) is 0. The van der Waals surface area contributed by atoms with Gasteiger partial charge in [0.25, 0.3) is 11.8 Å². The van der Waals surface area contributed by atoms with E-state index in [1.165, 1.54) is 34.0 Å². The number of carbonyl (C=O) groups is 2. The summed E-state index contributed by atoms with van der Waals surface area (Å²) < 4.78 is 0. The smallest absolute Gasteiger partial charge is 0.263 e. The molecule has 13 N–H and O–H groups in total. The first-order valence-corrected chi connectivity index (χ1v) is 20.7. The second-order valence-corrected chi connectivity index (χ2v) is 17.3. The molecule has 0 spiro atoms. The fourth-order valence-electron chi connectivity index (χ4n) is 5.87. The molecule has 3 rings (SSSR count). The molecule has 18 heteroatoms. The van der Waals surface area contributed by atoms with Gasteiger partial charge in [0.1, 0.15) is 16.0 Å². The fraction of sp³-hybridized carbons (Fsp3) is 0.629. The first-order valence-electron chi connectivity index (χ1n) is 18.2. The summed E-state index contributed by atoms with van der Waals surface area (Å²) in [6.07, 6.45) is 4.91. The van der Waals surface area contributed by atoms with Crippen LogP contribution in [0.25, 0.3) is 0 Å². The van der Waals surface area contributed by atoms with E-state index < -0.39 is 24.2 Å². The number of unbranched alkanes of at least 4 members (excludes halogenated alkanes) is 2. The number of carbonyl (C=O) groups excluding carboxylic acids is 2. The second-order valence-electron chi connectivity index (χ2n) is 13.9. The van der Waals surface area contributed by atoms with Crippen LogP contribution in [0.2, 0.25) is 0 Å². The summed E-state index contributed by atoms with van der Waals surface area (Å²) in [6, 6.07) is -1.02. The number of hydrogen-bond acceptors (Lipinski definition) is 12. The van der Waals surface area contributed by atoms with Crippen LogP contribution in [0.5, 0.6) is 0 Å². The summed E-state index contributed by atoms with van der Waals surface area (Å²) in [6.45, 7) is 13.3. The number of thiazole rings is 3. The molecule has 3 aromatic rings. The number of amides is 2. The Morgan fingerprint density at radius 1 is 0.811 bits per heavy atom. The second kappa shape index (κ2) is 21.2. The van der Waals surface area contributed by atoms with Crippen molar-refractivity contribution in [2.24, 2.45) is 29.0 Å². The van der Waals surface area contributed by atoms with Crippen LogP contribution < -0.4 is 38.5 Å². The Morgan fingerprint density at radius 2 is 1.45 bits per heavy atom. The molecule has 0 aromatic carbocycles. The maximum Gasteiger partial charge on any atom is 0.263 e. The molecule has 2 amide bonds. The van der Waals surface area contributed by atoms with Crippen molar-refractivity contribution < 1.29 is 14.7 Å². The molecule has 0 aliphatic carbocycles. The minimum atomic E-state index is -1.19. The zero-order valence-corrected chi connectivity index (χ0v) is 34.2. The minimum Gasteiger partial charge on any atom is -0.373 e. The molecule has 0 radical (unpaired) electrons. The van der Waals surface area contributed by atoms with E-state index in [9.17, 15) is 14.7 Å². The average molecular weight is 791 g/mol. The largest absolute Gasteiger partial charge is 0.373 e. The topological polar surface area (TPSA) is 267 Å². The highest BCUT2D eigenvalue weighted by Crippen LogP contribution is 2.35. The van der Waals surface area contributed by atoms with E-state index in [4.69, 9.17) is 43.0 Å². The van der Waals surface area contributed by atoms with Crippen LogP contribution in [0, 0.1) is 29.6 Å². The summed E-state index contributed by atoms with van der Waals surface area (Å²) in [5.74, 6) is -0.376. The van der Waals surface area contributed by atoms with Gasteiger partial charge in [-0.1, -0.05) is 34.6 Å². The van der Waals surface area contributed by atoms with Crippen LogP contribution in [0.4, 0.5) is 0 Å². The van der Waals surface area contributed by atoms with E-state index in [-0.39, 0.29) is 23.7 Å². The predicted octanol–water partition coefficient (Wildman–Crippen LogP) is 4.52. The van der Waals surface area contributed by atoms with Gasteiger partial charge in [-0.15, -0.1) is 34.0 Å². The first-order chi connectivity index (χ1) is 25.1. The normalized spacial score (nSPS) is 13.2. The number of aryl methyl sites for hydroxylation is 3. The maximum absolute atomic E-state index is 13.9. The molecule has 3 heterocycles. The molecule has 53 heavy (non-hydrogen) atoms. The molecule has 0 aliphatic rings. The van der Waals surface area contributed by atoms with Gasteiger partial charge in [0.15, 0.2) is 11.9 Å². The number of aliphatic hydroxyl groups excluding tert-OH is 1. The van der Waals surface area contributed by atoms with E-state index in [0.717, 1.165) is 40.0 Å². The quantitative estimate of drug-likeness (QED) is 0.0276. The fourth-order valence-corrected chi connectivity index (χ4v) is 9.10. The molecule has 1 unspecified atom stereocenters. The van der Waals surface area contributed by atoms with Crippen LogP contribution in [0.3, 0.4) is 0 Å². The van der Waals surface area contributed by atoms with Gasteiger partial charge < -0.3 is 38.3 Å². The highest BCUT2D eigenvalue weighted by molar-refractivity contribution is 7.14. The van der Waals surface area contributed by atoms with Gasteiger partial charge in [-0.2, -0.15) is 0 Å². The number of primary amides is 1. The van der Waals surface area contributed by atoms with Crippen LogP contribution in [0.1, 0.15) is 148 Å². The molecule has 294 valence electrons. The molecule has 0 saturated carbocycles. The zero-order chi connectivity index (χ0) is 39.2. The predicted molar refractivity (Wildman–Crippen MR) is 215 cm³/mol. The van der Waals surface area contributed by atoms with Crippen molar-refractivity contribution in [1.29, 1.82) is 10.8 Å². The van der Waals surface area contributed by atoms with Crippen molar-refractivity contribution in [2.45, 2.75) is 118 Å². The zero-order valence-electron chi connectivity index (χ0n) is 31.7. The standard InChI is InChI=1S/C35H58N12O3S3/c1-7-21-28(53-25(44-21)17-19(4)5)32(49)45-22(12-8-10-14-41-34(37)38)26-30(51-20(6)43-26)33(50)46-23(16-18(2)3)27-29(31(36)48)52-24(47-27)13-9-11-15-42-35(39)40/h18-19,22-23,33,46,50H,7-17H2,1-6H3,(H2,36,48)(H,45,49)(H4,37,38,41)(H4,39,40,42)/t22-,23-,33?/m0/s1. The Bertz CT molecular complexity index is 1670. The molecule has 0 saturated heterocycles. The first kappa shape index (κ1) is 43.7. The van der Waals surface area contributed by atoms with E-state index in [2.05, 4.69) is 49.0 Å². The summed E-state index contributed by atoms with van der Waals surface area (Å²) >= 11 is 4.04. The molecular formula is C35H58N12O3S3. The van der Waals surface area contributed by atoms with Crippen molar-refractivity contribution in [1.82, 2.24) is 36.2 Å². The van der Waals surface area contributed by atoms with Crippen molar-refractivity contribution in [3.8, 4) is 0 Å². The van der Waals surface area contributed by atoms with Gasteiger partial charge in [0.05, 0.1) is 49.1 Å². The lowest BCUT2D eigenvalue weighted by Crippen LogP contribution is -2.33. The maximum atomic E-state index is 13.9. The molecule has 0 fully saturated rings. The van der Waals surface area contributed by atoms with Crippen molar-refractivity contribution in [2.75, 3.05) is 13.1 Å². The van der Waals surface area contributed by atoms with Gasteiger partial charge in [-0.05, 0) is 70.1 Å². The van der Waals surface area contributed by atoms with Crippen LogP contribution in [-0.4, -0.2) is 56.9 Å². The van der Waals surface area contributed by atoms with Crippen molar-refractivity contribution in [3.63, 3.8) is 0 Å². The summed E-state index contributed by atoms with van der Waals surface area (Å²) in [4.78, 5) is 42.6. The van der Waals surface area contributed by atoms with Gasteiger partial charge in [-0.25, -0.2) is 15.0 Å². The molecule has 0 bridgehead atoms. The van der Waals surface area contributed by atoms with Crippen LogP contribution >= 0.6 is 34.0 Å². The molecule has 3 atom stereocenters. The van der Waals surface area contributed by atoms with E-state index in [1.54, 1.807) is 0 Å². The highest BCUT2D eigenvalue weighted by Gasteiger charge is 2.31. The number of aliphatic hydroxyl groups is 1. The lowest BCUT2D eigenvalue weighted by atomic mass is 9.99. The highest BCUT2D eigenvalue weighted by atomic mass is 32.1. The molecule has 0 aliphatic heterocycles. The average Bonchev–Trinajstić information content (AvgIpc) is 3.79. The van der Waals surface area contributed by atoms with E-state index in [0.29, 0.717) is 83.6 Å². The minimum absolute atomic E-state index is 0.0743. The van der Waals surface area contributed by atoms with Gasteiger partial charge in [0.2, 0.25) is 0 Å². The third-order valence-corrected chi connectivity index (χ3v) is 11.5. The number of guanidine groups is 2. The Morgan fingerprint density at radius 3 is 2.04 bits per heavy atom. The van der Waals surface area contributed by atoms with Gasteiger partial charge in [0, 0.05) is 19.5 Å². The molecule has 15 nitrogen and oxygen atoms in total. The number of aromatic nitrogens is 3. The van der Waals surface area contributed by atoms with E-state index >= 15 is 0 Å². The van der Waals surface area contributed by atoms with Gasteiger partial charge in [-0.3, -0.25) is 25.7 Å². The van der Waals surface area contributed by atoms with Gasteiger partial charge >= 0.3 is 0 Å². The number of rotatable bonds is 23. The Labute approximate surface area is 324 Å². The third kappa shape index (κ3) is 13.9. The van der Waals surface area contributed by atoms with Crippen LogP contribution in [-0.2, 0) is 19.3 Å². The van der Waals surface area contributed by atoms with Crippen molar-refractivity contribution >= 4 is 57.7 Å². The van der Waals surface area contributed by atoms with E-state index in [1.807, 2.05) is 13.8 Å². The molecular weight excluding hydrogens is 733 g/mol. The molecule has 3 aromatic heterocycles. The number of nitrogens with zero attached hydrogens (tertiary/aromatic N) is 3. The number of hydrogen-bond donors (Lipinski definition) is 10. The third-order valence-electron chi connectivity index (χ3n) is 8.22. The Balaban J connectivity index is 1.93. The summed E-state index contributed by atoms with van der Waals surface area (Å²) in [5.41, 5.74) is 18.6. The number of nitrogens with one attached hydrogen (secondary N) is 6. The van der Waals surface area contributed by atoms with Crippen molar-refractivity contribution in [3.05, 3.63) is 46.7 Å². The lowest BCUT2D eigenvalue weighted by molar-refractivity contribution is 0.0930. The lowest BCUT2D eigenvalue weighted by Gasteiger charge is -2.25. The number of nitrogens with two attached hydrogens (primary N) is 3. The Kier molecular flexibility index (Phi) is 17.5. The Hall–Kier alpha value is -3.71. The monoisotopic (exact) mass is 790 g/mol.